The van der Waals surface area contributed by atoms with Crippen LogP contribution in [0.5, 0.6) is 0 Å². The molecule has 0 saturated carbocycles. The van der Waals surface area contributed by atoms with Crippen LogP contribution in [0.3, 0.4) is 0 Å². The first-order chi connectivity index (χ1) is 9.04. The van der Waals surface area contributed by atoms with E-state index in [2.05, 4.69) is 31.4 Å². The molecule has 0 unspecified atom stereocenters. The van der Waals surface area contributed by atoms with E-state index in [1.165, 1.54) is 23.1 Å². The summed E-state index contributed by atoms with van der Waals surface area (Å²) in [6.07, 6.45) is 0. The number of rotatable bonds is 4. The van der Waals surface area contributed by atoms with Crippen LogP contribution >= 0.6 is 39.0 Å². The predicted molar refractivity (Wildman–Crippen MR) is 82.9 cm³/mol. The van der Waals surface area contributed by atoms with Crippen LogP contribution in [0.2, 0.25) is 0 Å². The van der Waals surface area contributed by atoms with Gasteiger partial charge in [0.05, 0.1) is 5.75 Å². The van der Waals surface area contributed by atoms with E-state index in [1.54, 1.807) is 0 Å². The zero-order valence-electron chi connectivity index (χ0n) is 10.4. The van der Waals surface area contributed by atoms with E-state index in [0.29, 0.717) is 5.75 Å². The molecule has 0 radical (unpaired) electrons. The van der Waals surface area contributed by atoms with Crippen LogP contribution in [-0.2, 0) is 4.79 Å². The molecule has 2 rings (SSSR count). The van der Waals surface area contributed by atoms with Crippen LogP contribution in [-0.4, -0.2) is 21.9 Å². The molecule has 1 amide bonds. The Morgan fingerprint density at radius 1 is 1.42 bits per heavy atom. The molecule has 1 aromatic heterocycles. The van der Waals surface area contributed by atoms with Gasteiger partial charge < -0.3 is 5.32 Å². The Morgan fingerprint density at radius 2 is 2.21 bits per heavy atom. The maximum atomic E-state index is 11.8. The number of carbonyl (C=O) groups excluding carboxylic acids is 1. The number of hydrogen-bond donors (Lipinski definition) is 1. The van der Waals surface area contributed by atoms with Gasteiger partial charge in [-0.1, -0.05) is 39.0 Å². The maximum absolute atomic E-state index is 11.8. The molecule has 2 aromatic rings. The molecule has 0 aliphatic heterocycles. The number of carbonyl (C=O) groups is 1. The van der Waals surface area contributed by atoms with Gasteiger partial charge in [-0.2, -0.15) is 0 Å². The monoisotopic (exact) mass is 357 g/mol. The molecule has 0 bridgehead atoms. The van der Waals surface area contributed by atoms with E-state index in [9.17, 15) is 4.79 Å². The first-order valence-electron chi connectivity index (χ1n) is 5.53. The molecule has 0 spiro atoms. The lowest BCUT2D eigenvalue weighted by Gasteiger charge is -2.06. The largest absolute Gasteiger partial charge is 0.325 e. The van der Waals surface area contributed by atoms with Crippen LogP contribution in [0.15, 0.2) is 27.0 Å². The second-order valence-corrected chi connectivity index (χ2v) is 7.15. The lowest BCUT2D eigenvalue weighted by molar-refractivity contribution is -0.113. The second kappa shape index (κ2) is 6.49. The summed E-state index contributed by atoms with van der Waals surface area (Å²) in [5.74, 6) is 0.295. The van der Waals surface area contributed by atoms with E-state index >= 15 is 0 Å². The second-order valence-electron chi connectivity index (χ2n) is 3.89. The molecule has 7 heteroatoms. The van der Waals surface area contributed by atoms with Gasteiger partial charge in [-0.05, 0) is 37.6 Å². The number of thioether (sulfide) groups is 1. The first-order valence-corrected chi connectivity index (χ1v) is 8.13. The zero-order chi connectivity index (χ0) is 13.8. The number of aryl methyl sites for hydroxylation is 2. The van der Waals surface area contributed by atoms with Gasteiger partial charge in [-0.3, -0.25) is 4.79 Å². The van der Waals surface area contributed by atoms with Crippen LogP contribution in [0, 0.1) is 13.8 Å². The molecule has 0 aliphatic carbocycles. The minimum Gasteiger partial charge on any atom is -0.325 e. The fraction of sp³-hybridized carbons (Fsp3) is 0.250. The van der Waals surface area contributed by atoms with Crippen LogP contribution in [0.4, 0.5) is 5.69 Å². The molecule has 0 fully saturated rings. The van der Waals surface area contributed by atoms with E-state index < -0.39 is 0 Å². The van der Waals surface area contributed by atoms with E-state index in [4.69, 9.17) is 0 Å². The van der Waals surface area contributed by atoms with Gasteiger partial charge in [0, 0.05) is 10.2 Å². The Balaban J connectivity index is 1.88. The van der Waals surface area contributed by atoms with E-state index in [-0.39, 0.29) is 5.91 Å². The average Bonchev–Trinajstić information content (AvgIpc) is 2.77. The molecule has 100 valence electrons. The summed E-state index contributed by atoms with van der Waals surface area (Å²) in [6.45, 7) is 3.88. The predicted octanol–water partition coefficient (Wildman–Crippen LogP) is 3.65. The summed E-state index contributed by atoms with van der Waals surface area (Å²) in [5, 5.41) is 11.6. The minimum atomic E-state index is -0.0421. The SMILES string of the molecule is Cc1nnc(SCC(=O)Nc2ccc(Br)c(C)c2)s1. The number of nitrogens with one attached hydrogen (secondary N) is 1. The fourth-order valence-corrected chi connectivity index (χ4v) is 3.25. The number of benzene rings is 1. The average molecular weight is 358 g/mol. The third-order valence-electron chi connectivity index (χ3n) is 2.28. The number of nitrogens with zero attached hydrogens (tertiary/aromatic N) is 2. The van der Waals surface area contributed by atoms with Crippen molar-refractivity contribution in [2.24, 2.45) is 0 Å². The number of amides is 1. The summed E-state index contributed by atoms with van der Waals surface area (Å²) in [4.78, 5) is 11.8. The Hall–Kier alpha value is -0.920. The summed E-state index contributed by atoms with van der Waals surface area (Å²) in [6, 6.07) is 5.72. The van der Waals surface area contributed by atoms with Gasteiger partial charge in [0.15, 0.2) is 4.34 Å². The lowest BCUT2D eigenvalue weighted by Crippen LogP contribution is -2.14. The third kappa shape index (κ3) is 4.29. The Bertz CT molecular complexity index is 600. The maximum Gasteiger partial charge on any atom is 0.234 e. The van der Waals surface area contributed by atoms with E-state index in [1.807, 2.05) is 32.0 Å². The molecule has 1 N–H and O–H groups in total. The summed E-state index contributed by atoms with van der Waals surface area (Å²) in [5.41, 5.74) is 1.89. The van der Waals surface area contributed by atoms with Crippen molar-refractivity contribution in [3.8, 4) is 0 Å². The van der Waals surface area contributed by atoms with Gasteiger partial charge in [0.2, 0.25) is 5.91 Å². The third-order valence-corrected chi connectivity index (χ3v) is 5.14. The normalized spacial score (nSPS) is 10.5. The van der Waals surface area contributed by atoms with Crippen LogP contribution in [0.1, 0.15) is 10.6 Å². The highest BCUT2D eigenvalue weighted by atomic mass is 79.9. The number of aromatic nitrogens is 2. The van der Waals surface area contributed by atoms with Gasteiger partial charge in [0.25, 0.3) is 0 Å². The molecule has 0 atom stereocenters. The zero-order valence-corrected chi connectivity index (χ0v) is 13.7. The molecular weight excluding hydrogens is 346 g/mol. The Labute approximate surface area is 128 Å². The number of anilines is 1. The molecule has 0 aliphatic rings. The standard InChI is InChI=1S/C12H12BrN3OS2/c1-7-5-9(3-4-10(7)13)14-11(17)6-18-12-16-15-8(2)19-12/h3-5H,6H2,1-2H3,(H,14,17). The van der Waals surface area contributed by atoms with Crippen molar-refractivity contribution < 1.29 is 4.79 Å². The summed E-state index contributed by atoms with van der Waals surface area (Å²) >= 11 is 6.32. The van der Waals surface area contributed by atoms with Crippen molar-refractivity contribution >= 4 is 50.6 Å². The van der Waals surface area contributed by atoms with E-state index in [0.717, 1.165) is 25.1 Å². The van der Waals surface area contributed by atoms with Crippen molar-refractivity contribution in [1.82, 2.24) is 10.2 Å². The summed E-state index contributed by atoms with van der Waals surface area (Å²) < 4.78 is 1.85. The Kier molecular flexibility index (Phi) is 4.95. The smallest absolute Gasteiger partial charge is 0.234 e. The highest BCUT2D eigenvalue weighted by molar-refractivity contribution is 9.10. The molecule has 4 nitrogen and oxygen atoms in total. The van der Waals surface area contributed by atoms with Crippen molar-refractivity contribution in [1.29, 1.82) is 0 Å². The van der Waals surface area contributed by atoms with Gasteiger partial charge >= 0.3 is 0 Å². The highest BCUT2D eigenvalue weighted by Gasteiger charge is 2.07. The quantitative estimate of drug-likeness (QED) is 0.848. The number of hydrogen-bond acceptors (Lipinski definition) is 5. The van der Waals surface area contributed by atoms with Gasteiger partial charge in [-0.25, -0.2) is 0 Å². The molecular formula is C12H12BrN3OS2. The molecule has 19 heavy (non-hydrogen) atoms. The summed E-state index contributed by atoms with van der Waals surface area (Å²) in [7, 11) is 0. The molecule has 1 aromatic carbocycles. The van der Waals surface area contributed by atoms with Crippen molar-refractivity contribution in [2.45, 2.75) is 18.2 Å². The van der Waals surface area contributed by atoms with Crippen molar-refractivity contribution in [3.05, 3.63) is 33.2 Å². The molecule has 1 heterocycles. The Morgan fingerprint density at radius 3 is 2.84 bits per heavy atom. The van der Waals surface area contributed by atoms with Gasteiger partial charge in [-0.15, -0.1) is 10.2 Å². The van der Waals surface area contributed by atoms with Crippen molar-refractivity contribution in [2.75, 3.05) is 11.1 Å². The highest BCUT2D eigenvalue weighted by Crippen LogP contribution is 2.23. The first kappa shape index (κ1) is 14.5. The van der Waals surface area contributed by atoms with Gasteiger partial charge in [0.1, 0.15) is 5.01 Å². The fourth-order valence-electron chi connectivity index (χ4n) is 1.38. The topological polar surface area (TPSA) is 54.9 Å². The minimum absolute atomic E-state index is 0.0421. The lowest BCUT2D eigenvalue weighted by atomic mass is 10.2. The van der Waals surface area contributed by atoms with Crippen LogP contribution < -0.4 is 5.32 Å². The number of halogens is 1. The van der Waals surface area contributed by atoms with Crippen LogP contribution in [0.25, 0.3) is 0 Å². The molecule has 0 saturated heterocycles. The van der Waals surface area contributed by atoms with Crippen molar-refractivity contribution in [3.63, 3.8) is 0 Å².